The van der Waals surface area contributed by atoms with Crippen molar-refractivity contribution in [2.24, 2.45) is 0 Å². The van der Waals surface area contributed by atoms with Crippen LogP contribution in [0.25, 0.3) is 0 Å². The van der Waals surface area contributed by atoms with Gasteiger partial charge in [0.1, 0.15) is 0 Å². The van der Waals surface area contributed by atoms with Crippen LogP contribution in [0.3, 0.4) is 0 Å². The summed E-state index contributed by atoms with van der Waals surface area (Å²) < 4.78 is 5.57. The second-order valence-electron chi connectivity index (χ2n) is 10.1. The number of hydrogen-bond acceptors (Lipinski definition) is 2. The molecule has 0 fully saturated rings. The first-order chi connectivity index (χ1) is 19.0. The average Bonchev–Trinajstić information content (AvgIpc) is 2.99. The Kier molecular flexibility index (Phi) is 8.29. The van der Waals surface area contributed by atoms with Crippen molar-refractivity contribution in [1.29, 1.82) is 0 Å². The topological polar surface area (TPSA) is 49.3 Å². The number of para-hydroxylation sites is 1. The molecule has 4 heteroatoms. The summed E-state index contributed by atoms with van der Waals surface area (Å²) in [7, 11) is 0. The zero-order valence-electron chi connectivity index (χ0n) is 22.1. The fraction of sp³-hybridized carbons (Fsp3) is 0.114. The summed E-state index contributed by atoms with van der Waals surface area (Å²) in [6.07, 6.45) is 0.926. The van der Waals surface area contributed by atoms with Crippen LogP contribution >= 0.6 is 0 Å². The molecule has 39 heavy (non-hydrogen) atoms. The number of rotatable bonds is 9. The Bertz CT molecular complexity index is 1390. The molecular weight excluding hydrogens is 585 g/mol. The first-order valence-corrected chi connectivity index (χ1v) is 19.1. The number of aryl methyl sites for hydroxylation is 1. The number of aliphatic hydroxyl groups is 1. The molecule has 3 nitrogen and oxygen atoms in total. The molecule has 0 saturated heterocycles. The molecule has 1 atom stereocenters. The van der Waals surface area contributed by atoms with Crippen LogP contribution in [0.15, 0.2) is 146 Å². The van der Waals surface area contributed by atoms with Gasteiger partial charge < -0.3 is 0 Å². The predicted molar refractivity (Wildman–Crippen MR) is 164 cm³/mol. The molecular formula is C35H33NO2Sn. The van der Waals surface area contributed by atoms with Crippen LogP contribution < -0.4 is 19.6 Å². The first kappa shape index (κ1) is 26.9. The van der Waals surface area contributed by atoms with Gasteiger partial charge in [-0.15, -0.1) is 0 Å². The zero-order chi connectivity index (χ0) is 27.1. The molecule has 194 valence electrons. The quantitative estimate of drug-likeness (QED) is 0.241. The Balaban J connectivity index is 1.46. The fourth-order valence-electron chi connectivity index (χ4n) is 5.27. The van der Waals surface area contributed by atoms with E-state index in [2.05, 4.69) is 121 Å². The van der Waals surface area contributed by atoms with E-state index in [4.69, 9.17) is 0 Å². The molecule has 1 amide bonds. The summed E-state index contributed by atoms with van der Waals surface area (Å²) in [5.74, 6) is -0.391. The number of carbonyl (C=O) groups excluding carboxylic acids is 1. The number of nitrogens with one attached hydrogen (secondary N) is 1. The molecule has 0 heterocycles. The van der Waals surface area contributed by atoms with E-state index in [1.807, 2.05) is 30.3 Å². The van der Waals surface area contributed by atoms with E-state index in [-0.39, 0.29) is 0 Å². The zero-order valence-corrected chi connectivity index (χ0v) is 25.0. The maximum absolute atomic E-state index is 12.8. The van der Waals surface area contributed by atoms with Gasteiger partial charge in [-0.05, 0) is 0 Å². The summed E-state index contributed by atoms with van der Waals surface area (Å²) in [6, 6.07) is 50.9. The van der Waals surface area contributed by atoms with Gasteiger partial charge in [0.2, 0.25) is 0 Å². The van der Waals surface area contributed by atoms with Crippen molar-refractivity contribution in [3.05, 3.63) is 151 Å². The second kappa shape index (κ2) is 12.0. The van der Waals surface area contributed by atoms with Crippen LogP contribution in [-0.4, -0.2) is 35.0 Å². The third-order valence-corrected chi connectivity index (χ3v) is 21.1. The summed E-state index contributed by atoms with van der Waals surface area (Å²) in [6.45, 7) is 1.58. The van der Waals surface area contributed by atoms with Gasteiger partial charge in [0.15, 0.2) is 0 Å². The van der Waals surface area contributed by atoms with Crippen LogP contribution in [0, 0.1) is 0 Å². The number of hydrogen-bond donors (Lipinski definition) is 2. The van der Waals surface area contributed by atoms with Crippen molar-refractivity contribution in [1.82, 2.24) is 0 Å². The third-order valence-electron chi connectivity index (χ3n) is 7.43. The number of benzene rings is 5. The summed E-state index contributed by atoms with van der Waals surface area (Å²) in [5.41, 5.74) is 0.301. The van der Waals surface area contributed by atoms with Crippen LogP contribution in [0.2, 0.25) is 0 Å². The molecule has 0 aliphatic rings. The van der Waals surface area contributed by atoms with Crippen molar-refractivity contribution in [3.63, 3.8) is 0 Å². The molecule has 5 aromatic carbocycles. The molecule has 2 N–H and O–H groups in total. The predicted octanol–water partition coefficient (Wildman–Crippen LogP) is 4.39. The van der Waals surface area contributed by atoms with Gasteiger partial charge in [-0.25, -0.2) is 0 Å². The van der Waals surface area contributed by atoms with Gasteiger partial charge in [0.25, 0.3) is 0 Å². The van der Waals surface area contributed by atoms with Gasteiger partial charge in [0.05, 0.1) is 0 Å². The molecule has 0 spiro atoms. The minimum absolute atomic E-state index is 0.329. The Morgan fingerprint density at radius 2 is 1.00 bits per heavy atom. The van der Waals surface area contributed by atoms with Crippen LogP contribution in [0.5, 0.6) is 0 Å². The Morgan fingerprint density at radius 3 is 1.44 bits per heavy atom. The molecule has 0 aliphatic carbocycles. The van der Waals surface area contributed by atoms with Gasteiger partial charge in [-0.2, -0.15) is 0 Å². The second-order valence-corrected chi connectivity index (χ2v) is 21.0. The Hall–Kier alpha value is -3.67. The van der Waals surface area contributed by atoms with Crippen LogP contribution in [-0.2, 0) is 11.2 Å². The van der Waals surface area contributed by atoms with Crippen LogP contribution in [0.4, 0.5) is 5.69 Å². The Morgan fingerprint density at radius 1 is 0.615 bits per heavy atom. The van der Waals surface area contributed by atoms with E-state index in [1.165, 1.54) is 14.3 Å². The molecule has 0 unspecified atom stereocenters. The molecule has 0 radical (unpaired) electrons. The normalized spacial score (nSPS) is 12.9. The van der Waals surface area contributed by atoms with E-state index in [0.717, 1.165) is 5.56 Å². The molecule has 0 saturated carbocycles. The van der Waals surface area contributed by atoms with Crippen molar-refractivity contribution in [2.75, 3.05) is 5.32 Å². The van der Waals surface area contributed by atoms with E-state index >= 15 is 0 Å². The maximum atomic E-state index is 12.8. The van der Waals surface area contributed by atoms with Crippen molar-refractivity contribution < 1.29 is 9.90 Å². The average molecular weight is 618 g/mol. The van der Waals surface area contributed by atoms with Gasteiger partial charge in [0, 0.05) is 0 Å². The molecule has 0 bridgehead atoms. The van der Waals surface area contributed by atoms with E-state index in [1.54, 1.807) is 6.92 Å². The molecule has 5 rings (SSSR count). The van der Waals surface area contributed by atoms with Crippen molar-refractivity contribution in [3.8, 4) is 0 Å². The number of anilines is 1. The summed E-state index contributed by atoms with van der Waals surface area (Å²) in [4.78, 5) is 12.8. The van der Waals surface area contributed by atoms with Crippen LogP contribution in [0.1, 0.15) is 18.9 Å². The van der Waals surface area contributed by atoms with E-state index < -0.39 is 29.9 Å². The monoisotopic (exact) mass is 619 g/mol. The number of amides is 1. The molecule has 0 aromatic heterocycles. The molecule has 5 aromatic rings. The fourth-order valence-corrected chi connectivity index (χ4v) is 18.8. The van der Waals surface area contributed by atoms with E-state index in [0.29, 0.717) is 18.5 Å². The summed E-state index contributed by atoms with van der Waals surface area (Å²) in [5, 5.41) is 13.8. The first-order valence-electron chi connectivity index (χ1n) is 13.3. The standard InChI is InChI=1S/C17H18NO2.3C6H5.Sn/c1-17(20,13-12-14-8-4-2-5-9-14)16(19)18-15-10-6-3-7-11-15;3*1-2-4-6-5-3-1;/h3-11,20H,12-13H2,1H3,(H,18,19);3*1-5H;/t17-;;;;/m0..../s1. The SMILES string of the molecule is C[C@](O)(CCc1cc[c]([Sn]([c]2ccccc2)([c]2ccccc2)[c]2ccccc2)cc1)C(=O)Nc1ccccc1. The Labute approximate surface area is 235 Å². The van der Waals surface area contributed by atoms with Crippen molar-refractivity contribution >= 4 is 44.3 Å². The van der Waals surface area contributed by atoms with Crippen molar-refractivity contribution in [2.45, 2.75) is 25.4 Å². The van der Waals surface area contributed by atoms with Gasteiger partial charge in [-0.1, -0.05) is 6.07 Å². The van der Waals surface area contributed by atoms with Gasteiger partial charge in [-0.3, -0.25) is 0 Å². The summed E-state index contributed by atoms with van der Waals surface area (Å²) >= 11 is -3.61. The van der Waals surface area contributed by atoms with E-state index in [9.17, 15) is 9.90 Å². The molecule has 0 aliphatic heterocycles. The van der Waals surface area contributed by atoms with Gasteiger partial charge >= 0.3 is 230 Å². The number of carbonyl (C=O) groups is 1. The third kappa shape index (κ3) is 5.85. The minimum atomic E-state index is -3.61.